The number of hydrogen-bond acceptors (Lipinski definition) is 4. The van der Waals surface area contributed by atoms with Crippen LogP contribution in [0, 0.1) is 0 Å². The molecule has 0 fully saturated rings. The van der Waals surface area contributed by atoms with E-state index in [1.807, 2.05) is 72.1 Å². The Morgan fingerprint density at radius 1 is 1.10 bits per heavy atom. The minimum atomic E-state index is 0.0191. The topological polar surface area (TPSA) is 56.6 Å². The molecule has 0 N–H and O–H groups in total. The lowest BCUT2D eigenvalue weighted by atomic mass is 10.0. The highest BCUT2D eigenvalue weighted by molar-refractivity contribution is 6.30. The summed E-state index contributed by atoms with van der Waals surface area (Å²) < 4.78 is 13.3. The molecule has 1 aromatic heterocycles. The molecule has 0 aliphatic carbocycles. The van der Waals surface area contributed by atoms with E-state index in [4.69, 9.17) is 21.1 Å². The van der Waals surface area contributed by atoms with Crippen molar-refractivity contribution in [1.82, 2.24) is 14.7 Å². The number of ether oxygens (including phenoxy) is 2. The van der Waals surface area contributed by atoms with Gasteiger partial charge in [0.05, 0.1) is 25.5 Å². The van der Waals surface area contributed by atoms with Gasteiger partial charge in [-0.1, -0.05) is 23.7 Å². The average molecular weight is 440 g/mol. The van der Waals surface area contributed by atoms with Crippen LogP contribution in [0.4, 0.5) is 0 Å². The third-order valence-corrected chi connectivity index (χ3v) is 5.70. The van der Waals surface area contributed by atoms with Crippen molar-refractivity contribution < 1.29 is 14.3 Å². The maximum Gasteiger partial charge on any atom is 0.254 e. The van der Waals surface area contributed by atoms with Gasteiger partial charge in [-0.3, -0.25) is 9.48 Å². The van der Waals surface area contributed by atoms with Crippen LogP contribution in [0.3, 0.4) is 0 Å². The van der Waals surface area contributed by atoms with E-state index in [-0.39, 0.29) is 5.91 Å². The van der Waals surface area contributed by atoms with E-state index in [0.29, 0.717) is 43.5 Å². The van der Waals surface area contributed by atoms with Gasteiger partial charge in [0.2, 0.25) is 0 Å². The van der Waals surface area contributed by atoms with Crippen LogP contribution in [0.25, 0.3) is 0 Å². The van der Waals surface area contributed by atoms with Crippen LogP contribution < -0.4 is 4.74 Å². The number of aromatic nitrogens is 2. The second kappa shape index (κ2) is 9.54. The molecule has 0 radical (unpaired) electrons. The maximum atomic E-state index is 13.0. The Labute approximate surface area is 187 Å². The molecule has 0 saturated carbocycles. The zero-order valence-electron chi connectivity index (χ0n) is 17.8. The zero-order valence-corrected chi connectivity index (χ0v) is 18.6. The molecule has 1 amide bonds. The summed E-state index contributed by atoms with van der Waals surface area (Å²) in [5.74, 6) is 0.790. The first kappa shape index (κ1) is 21.4. The van der Waals surface area contributed by atoms with Gasteiger partial charge in [0, 0.05) is 48.4 Å². The molecule has 2 aromatic carbocycles. The minimum Gasteiger partial charge on any atom is -0.494 e. The molecule has 0 atom stereocenters. The van der Waals surface area contributed by atoms with Gasteiger partial charge < -0.3 is 14.4 Å². The molecule has 4 rings (SSSR count). The van der Waals surface area contributed by atoms with Crippen LogP contribution in [0.15, 0.2) is 48.5 Å². The van der Waals surface area contributed by atoms with Crippen molar-refractivity contribution in [2.75, 3.05) is 13.2 Å². The first-order chi connectivity index (χ1) is 15.0. The standard InChI is InChI=1S/C24H26ClN3O3/c1-3-31-20-10-6-18(7-11-20)24(29)28-13-12-23-21(14-28)22(26-27(23)2)16-30-15-17-4-8-19(25)9-5-17/h4-11H,3,12-16H2,1-2H3. The summed E-state index contributed by atoms with van der Waals surface area (Å²) in [7, 11) is 1.95. The molecular weight excluding hydrogens is 414 g/mol. The van der Waals surface area contributed by atoms with E-state index in [2.05, 4.69) is 5.10 Å². The summed E-state index contributed by atoms with van der Waals surface area (Å²) in [6.07, 6.45) is 0.777. The highest BCUT2D eigenvalue weighted by atomic mass is 35.5. The fraction of sp³-hybridized carbons (Fsp3) is 0.333. The lowest BCUT2D eigenvalue weighted by molar-refractivity contribution is 0.0728. The Balaban J connectivity index is 1.42. The van der Waals surface area contributed by atoms with Crippen molar-refractivity contribution in [2.45, 2.75) is 33.1 Å². The van der Waals surface area contributed by atoms with Crippen LogP contribution in [0.2, 0.25) is 5.02 Å². The number of nitrogens with zero attached hydrogens (tertiary/aromatic N) is 3. The van der Waals surface area contributed by atoms with Crippen molar-refractivity contribution in [3.8, 4) is 5.75 Å². The van der Waals surface area contributed by atoms with Crippen LogP contribution in [0.1, 0.15) is 39.8 Å². The lowest BCUT2D eigenvalue weighted by Gasteiger charge is -2.28. The molecule has 31 heavy (non-hydrogen) atoms. The van der Waals surface area contributed by atoms with Crippen LogP contribution in [-0.4, -0.2) is 33.7 Å². The Morgan fingerprint density at radius 3 is 2.55 bits per heavy atom. The Morgan fingerprint density at radius 2 is 1.84 bits per heavy atom. The van der Waals surface area contributed by atoms with Crippen molar-refractivity contribution in [3.05, 3.63) is 81.6 Å². The van der Waals surface area contributed by atoms with Crippen molar-refractivity contribution in [1.29, 1.82) is 0 Å². The van der Waals surface area contributed by atoms with Crippen molar-refractivity contribution >= 4 is 17.5 Å². The van der Waals surface area contributed by atoms with Gasteiger partial charge in [-0.05, 0) is 48.9 Å². The van der Waals surface area contributed by atoms with E-state index < -0.39 is 0 Å². The van der Waals surface area contributed by atoms with Gasteiger partial charge in [-0.15, -0.1) is 0 Å². The number of benzene rings is 2. The lowest BCUT2D eigenvalue weighted by Crippen LogP contribution is -2.36. The van der Waals surface area contributed by atoms with E-state index in [1.165, 1.54) is 5.69 Å². The van der Waals surface area contributed by atoms with Crippen LogP contribution >= 0.6 is 11.6 Å². The van der Waals surface area contributed by atoms with Gasteiger partial charge >= 0.3 is 0 Å². The second-order valence-electron chi connectivity index (χ2n) is 7.55. The molecule has 2 heterocycles. The smallest absolute Gasteiger partial charge is 0.254 e. The number of carbonyl (C=O) groups is 1. The molecular formula is C24H26ClN3O3. The number of rotatable bonds is 7. The first-order valence-electron chi connectivity index (χ1n) is 10.4. The molecule has 0 saturated heterocycles. The van der Waals surface area contributed by atoms with Gasteiger partial charge in [-0.2, -0.15) is 5.10 Å². The van der Waals surface area contributed by atoms with Crippen molar-refractivity contribution in [3.63, 3.8) is 0 Å². The number of hydrogen-bond donors (Lipinski definition) is 0. The van der Waals surface area contributed by atoms with E-state index in [9.17, 15) is 4.79 Å². The summed E-state index contributed by atoms with van der Waals surface area (Å²) in [6, 6.07) is 14.9. The Bertz CT molecular complexity index is 1050. The summed E-state index contributed by atoms with van der Waals surface area (Å²) in [4.78, 5) is 14.9. The monoisotopic (exact) mass is 439 g/mol. The molecule has 6 nitrogen and oxygen atoms in total. The molecule has 3 aromatic rings. The van der Waals surface area contributed by atoms with Crippen molar-refractivity contribution in [2.24, 2.45) is 7.05 Å². The molecule has 0 unspecified atom stereocenters. The molecule has 1 aliphatic rings. The predicted molar refractivity (Wildman–Crippen MR) is 119 cm³/mol. The Kier molecular flexibility index (Phi) is 6.59. The zero-order chi connectivity index (χ0) is 21.8. The number of fused-ring (bicyclic) bond motifs is 1. The summed E-state index contributed by atoms with van der Waals surface area (Å²) in [5, 5.41) is 5.36. The SMILES string of the molecule is CCOc1ccc(C(=O)N2CCc3c(c(COCc4ccc(Cl)cc4)nn3C)C2)cc1. The van der Waals surface area contributed by atoms with Gasteiger partial charge in [0.25, 0.3) is 5.91 Å². The van der Waals surface area contributed by atoms with E-state index in [1.54, 1.807) is 0 Å². The van der Waals surface area contributed by atoms with Crippen LogP contribution in [0.5, 0.6) is 5.75 Å². The average Bonchev–Trinajstić information content (AvgIpc) is 3.10. The largest absolute Gasteiger partial charge is 0.494 e. The van der Waals surface area contributed by atoms with Gasteiger partial charge in [0.1, 0.15) is 5.75 Å². The Hall–Kier alpha value is -2.83. The maximum absolute atomic E-state index is 13.0. The highest BCUT2D eigenvalue weighted by Crippen LogP contribution is 2.25. The van der Waals surface area contributed by atoms with Gasteiger partial charge in [0.15, 0.2) is 0 Å². The number of aryl methyl sites for hydroxylation is 1. The van der Waals surface area contributed by atoms with E-state index >= 15 is 0 Å². The van der Waals surface area contributed by atoms with E-state index in [0.717, 1.165) is 29.0 Å². The third kappa shape index (κ3) is 4.92. The number of carbonyl (C=O) groups excluding carboxylic acids is 1. The fourth-order valence-corrected chi connectivity index (χ4v) is 3.97. The van der Waals surface area contributed by atoms with Crippen LogP contribution in [-0.2, 0) is 38.0 Å². The quantitative estimate of drug-likeness (QED) is 0.548. The molecule has 0 bridgehead atoms. The highest BCUT2D eigenvalue weighted by Gasteiger charge is 2.27. The third-order valence-electron chi connectivity index (χ3n) is 5.45. The van der Waals surface area contributed by atoms with Gasteiger partial charge in [-0.25, -0.2) is 0 Å². The number of amides is 1. The summed E-state index contributed by atoms with van der Waals surface area (Å²) in [6.45, 7) is 4.63. The molecule has 1 aliphatic heterocycles. The summed E-state index contributed by atoms with van der Waals surface area (Å²) >= 11 is 5.94. The fourth-order valence-electron chi connectivity index (χ4n) is 3.85. The minimum absolute atomic E-state index is 0.0191. The molecule has 0 spiro atoms. The normalized spacial score (nSPS) is 13.2. The number of halogens is 1. The summed E-state index contributed by atoms with van der Waals surface area (Å²) in [5.41, 5.74) is 4.86. The second-order valence-corrected chi connectivity index (χ2v) is 7.99. The predicted octanol–water partition coefficient (Wildman–Crippen LogP) is 4.39. The molecule has 162 valence electrons. The first-order valence-corrected chi connectivity index (χ1v) is 10.8. The molecule has 7 heteroatoms.